The number of rotatable bonds is 7. The van der Waals surface area contributed by atoms with Gasteiger partial charge in [0.25, 0.3) is 0 Å². The smallest absolute Gasteiger partial charge is 0.0978 e. The molecule has 0 aliphatic heterocycles. The summed E-state index contributed by atoms with van der Waals surface area (Å²) < 4.78 is 17.4. The summed E-state index contributed by atoms with van der Waals surface area (Å²) in [5.41, 5.74) is 1.26. The molecule has 0 heterocycles. The highest BCUT2D eigenvalue weighted by molar-refractivity contribution is 9.10. The lowest BCUT2D eigenvalue weighted by Gasteiger charge is -2.34. The molecule has 2 rings (SSSR count). The molecule has 1 aliphatic carbocycles. The Morgan fingerprint density at radius 2 is 1.83 bits per heavy atom. The van der Waals surface area contributed by atoms with Crippen LogP contribution in [0.1, 0.15) is 77.3 Å². The fourth-order valence-electron chi connectivity index (χ4n) is 3.54. The molecular weight excluding hydrogens is 370 g/mol. The van der Waals surface area contributed by atoms with Crippen LogP contribution in [0.25, 0.3) is 0 Å². The van der Waals surface area contributed by atoms with Gasteiger partial charge in [-0.25, -0.2) is 8.93 Å². The van der Waals surface area contributed by atoms with E-state index in [9.17, 15) is 4.21 Å². The van der Waals surface area contributed by atoms with Gasteiger partial charge in [-0.05, 0) is 56.7 Å². The molecule has 0 radical (unpaired) electrons. The van der Waals surface area contributed by atoms with E-state index >= 15 is 0 Å². The molecule has 0 spiro atoms. The maximum absolute atomic E-state index is 12.9. The lowest BCUT2D eigenvalue weighted by Crippen LogP contribution is -2.40. The Bertz CT molecular complexity index is 509. The molecule has 1 aliphatic rings. The molecule has 23 heavy (non-hydrogen) atoms. The third kappa shape index (κ3) is 5.40. The lowest BCUT2D eigenvalue weighted by atomic mass is 9.81. The predicted octanol–water partition coefficient (Wildman–Crippen LogP) is 5.90. The average molecular weight is 400 g/mol. The standard InChI is InChI=1S/C19H30BrNOS/c1-4-14-19(2,3)23(22)21-18(15-8-6-5-7-9-15)16-10-12-17(20)13-11-16/h10-13,15,18,21H,4-9,14H2,1-3H3. The van der Waals surface area contributed by atoms with Gasteiger partial charge >= 0.3 is 0 Å². The van der Waals surface area contributed by atoms with Crippen molar-refractivity contribution in [2.24, 2.45) is 5.92 Å². The van der Waals surface area contributed by atoms with Crippen molar-refractivity contribution >= 4 is 26.9 Å². The number of nitrogens with one attached hydrogen (secondary N) is 1. The molecule has 1 saturated carbocycles. The highest BCUT2D eigenvalue weighted by atomic mass is 79.9. The molecule has 0 amide bonds. The summed E-state index contributed by atoms with van der Waals surface area (Å²) in [4.78, 5) is 0. The van der Waals surface area contributed by atoms with Gasteiger partial charge < -0.3 is 0 Å². The van der Waals surface area contributed by atoms with Crippen molar-refractivity contribution < 1.29 is 4.21 Å². The predicted molar refractivity (Wildman–Crippen MR) is 104 cm³/mol. The van der Waals surface area contributed by atoms with Gasteiger partial charge in [0.05, 0.1) is 15.7 Å². The molecule has 2 atom stereocenters. The summed E-state index contributed by atoms with van der Waals surface area (Å²) in [6, 6.07) is 8.71. The van der Waals surface area contributed by atoms with Crippen LogP contribution in [0.4, 0.5) is 0 Å². The van der Waals surface area contributed by atoms with E-state index in [-0.39, 0.29) is 10.8 Å². The average Bonchev–Trinajstić information content (AvgIpc) is 2.54. The monoisotopic (exact) mass is 399 g/mol. The number of halogens is 1. The summed E-state index contributed by atoms with van der Waals surface area (Å²) in [7, 11) is -1.03. The zero-order valence-electron chi connectivity index (χ0n) is 14.6. The van der Waals surface area contributed by atoms with Crippen molar-refractivity contribution in [2.75, 3.05) is 0 Å². The van der Waals surface area contributed by atoms with Gasteiger partial charge in [-0.2, -0.15) is 0 Å². The molecule has 1 aromatic rings. The molecule has 1 fully saturated rings. The molecule has 0 bridgehead atoms. The second-order valence-corrected chi connectivity index (χ2v) is 10.1. The second-order valence-electron chi connectivity index (χ2n) is 7.32. The van der Waals surface area contributed by atoms with Crippen LogP contribution in [0.5, 0.6) is 0 Å². The minimum atomic E-state index is -1.03. The van der Waals surface area contributed by atoms with E-state index in [0.29, 0.717) is 5.92 Å². The zero-order chi connectivity index (χ0) is 16.9. The molecule has 4 heteroatoms. The SMILES string of the molecule is CCCC(C)(C)S(=O)NC(c1ccc(Br)cc1)C1CCCCC1. The maximum atomic E-state index is 12.9. The van der Waals surface area contributed by atoms with E-state index in [0.717, 1.165) is 17.3 Å². The van der Waals surface area contributed by atoms with Gasteiger partial charge in [0.2, 0.25) is 0 Å². The summed E-state index contributed by atoms with van der Waals surface area (Å²) in [6.45, 7) is 6.38. The van der Waals surface area contributed by atoms with Crippen molar-refractivity contribution in [3.05, 3.63) is 34.3 Å². The highest BCUT2D eigenvalue weighted by Gasteiger charge is 2.31. The Balaban J connectivity index is 2.19. The van der Waals surface area contributed by atoms with E-state index in [1.807, 2.05) is 0 Å². The van der Waals surface area contributed by atoms with Crippen LogP contribution >= 0.6 is 15.9 Å². The van der Waals surface area contributed by atoms with Gasteiger partial charge in [-0.1, -0.05) is 60.7 Å². The summed E-state index contributed by atoms with van der Waals surface area (Å²) in [6.07, 6.45) is 8.44. The second kappa shape index (κ2) is 8.77. The largest absolute Gasteiger partial charge is 0.242 e. The summed E-state index contributed by atoms with van der Waals surface area (Å²) in [5, 5.41) is 0. The summed E-state index contributed by atoms with van der Waals surface area (Å²) in [5.74, 6) is 0.589. The normalized spacial score (nSPS) is 19.5. The minimum Gasteiger partial charge on any atom is -0.242 e. The molecule has 0 saturated heterocycles. The van der Waals surface area contributed by atoms with Crippen LogP contribution in [0.2, 0.25) is 0 Å². The molecule has 2 nitrogen and oxygen atoms in total. The van der Waals surface area contributed by atoms with Crippen molar-refractivity contribution in [1.29, 1.82) is 0 Å². The number of benzene rings is 1. The first-order chi connectivity index (χ1) is 10.9. The van der Waals surface area contributed by atoms with Crippen LogP contribution in [0, 0.1) is 5.92 Å². The Hall–Kier alpha value is -0.190. The Morgan fingerprint density at radius 1 is 1.22 bits per heavy atom. The van der Waals surface area contributed by atoms with Crippen molar-refractivity contribution in [3.63, 3.8) is 0 Å². The van der Waals surface area contributed by atoms with E-state index in [2.05, 4.69) is 65.7 Å². The third-order valence-electron chi connectivity index (χ3n) is 4.94. The van der Waals surface area contributed by atoms with E-state index in [1.165, 1.54) is 37.7 Å². The fraction of sp³-hybridized carbons (Fsp3) is 0.684. The first-order valence-corrected chi connectivity index (χ1v) is 10.8. The maximum Gasteiger partial charge on any atom is 0.0978 e. The van der Waals surface area contributed by atoms with Crippen LogP contribution in [-0.2, 0) is 11.0 Å². The molecule has 0 aromatic heterocycles. The Labute approximate surface area is 152 Å². The van der Waals surface area contributed by atoms with E-state index in [4.69, 9.17) is 0 Å². The van der Waals surface area contributed by atoms with Gasteiger partial charge in [0.15, 0.2) is 0 Å². The van der Waals surface area contributed by atoms with E-state index in [1.54, 1.807) is 0 Å². The molecule has 1 aromatic carbocycles. The quantitative estimate of drug-likeness (QED) is 0.606. The number of hydrogen-bond donors (Lipinski definition) is 1. The highest BCUT2D eigenvalue weighted by Crippen LogP contribution is 2.36. The van der Waals surface area contributed by atoms with Gasteiger partial charge in [-0.15, -0.1) is 0 Å². The van der Waals surface area contributed by atoms with Crippen LogP contribution in [0.15, 0.2) is 28.7 Å². The molecular formula is C19H30BrNOS. The third-order valence-corrected chi connectivity index (χ3v) is 7.14. The van der Waals surface area contributed by atoms with Gasteiger partial charge in [-0.3, -0.25) is 0 Å². The fourth-order valence-corrected chi connectivity index (χ4v) is 5.08. The van der Waals surface area contributed by atoms with Crippen molar-refractivity contribution in [1.82, 2.24) is 4.72 Å². The van der Waals surface area contributed by atoms with Crippen LogP contribution in [0.3, 0.4) is 0 Å². The topological polar surface area (TPSA) is 29.1 Å². The molecule has 2 unspecified atom stereocenters. The zero-order valence-corrected chi connectivity index (χ0v) is 17.0. The molecule has 1 N–H and O–H groups in total. The van der Waals surface area contributed by atoms with Crippen LogP contribution < -0.4 is 4.72 Å². The minimum absolute atomic E-state index is 0.184. The Morgan fingerprint density at radius 3 is 2.39 bits per heavy atom. The first-order valence-electron chi connectivity index (χ1n) is 8.87. The van der Waals surface area contributed by atoms with Crippen molar-refractivity contribution in [3.8, 4) is 0 Å². The van der Waals surface area contributed by atoms with Gasteiger partial charge in [0.1, 0.15) is 0 Å². The number of hydrogen-bond acceptors (Lipinski definition) is 1. The van der Waals surface area contributed by atoms with Crippen LogP contribution in [-0.4, -0.2) is 8.96 Å². The van der Waals surface area contributed by atoms with Gasteiger partial charge in [0, 0.05) is 10.5 Å². The summed E-state index contributed by atoms with van der Waals surface area (Å²) >= 11 is 3.51. The van der Waals surface area contributed by atoms with E-state index < -0.39 is 11.0 Å². The molecule has 130 valence electrons. The van der Waals surface area contributed by atoms with Crippen molar-refractivity contribution in [2.45, 2.75) is 76.5 Å². The lowest BCUT2D eigenvalue weighted by molar-refractivity contribution is 0.295. The first kappa shape index (κ1) is 19.1. The Kier molecular flexibility index (Phi) is 7.30.